The Morgan fingerprint density at radius 1 is 1.12 bits per heavy atom. The molecule has 0 bridgehead atoms. The summed E-state index contributed by atoms with van der Waals surface area (Å²) < 4.78 is 39.5. The predicted molar refractivity (Wildman–Crippen MR) is 90.4 cm³/mol. The molecule has 0 radical (unpaired) electrons. The van der Waals surface area contributed by atoms with E-state index in [1.165, 1.54) is 24.3 Å². The average Bonchev–Trinajstić information content (AvgIpc) is 2.52. The van der Waals surface area contributed by atoms with Crippen molar-refractivity contribution in [3.8, 4) is 6.07 Å². The van der Waals surface area contributed by atoms with Crippen molar-refractivity contribution < 1.29 is 13.2 Å². The summed E-state index contributed by atoms with van der Waals surface area (Å²) in [7, 11) is 3.81. The van der Waals surface area contributed by atoms with Crippen molar-refractivity contribution in [3.05, 3.63) is 64.7 Å². The number of benzene rings is 2. The molecule has 0 aliphatic carbocycles. The number of halogens is 3. The van der Waals surface area contributed by atoms with Gasteiger partial charge in [0.25, 0.3) is 0 Å². The second kappa shape index (κ2) is 6.79. The number of aryl methyl sites for hydroxylation is 1. The molecule has 0 saturated carbocycles. The highest BCUT2D eigenvalue weighted by Crippen LogP contribution is 2.35. The van der Waals surface area contributed by atoms with Crippen LogP contribution < -0.4 is 4.90 Å². The van der Waals surface area contributed by atoms with Crippen molar-refractivity contribution in [3.63, 3.8) is 0 Å². The fourth-order valence-corrected chi connectivity index (χ4v) is 2.39. The molecule has 0 aliphatic rings. The zero-order valence-corrected chi connectivity index (χ0v) is 13.6. The minimum Gasteiger partial charge on any atom is -0.378 e. The van der Waals surface area contributed by atoms with E-state index in [0.29, 0.717) is 5.56 Å². The molecule has 0 heterocycles. The molecule has 2 aromatic carbocycles. The summed E-state index contributed by atoms with van der Waals surface area (Å²) in [5, 5.41) is 9.37. The number of allylic oxidation sites excluding steroid dienone is 1. The molecule has 0 amide bonds. The number of anilines is 1. The molecule has 0 fully saturated rings. The maximum absolute atomic E-state index is 13.2. The Morgan fingerprint density at radius 3 is 2.33 bits per heavy atom. The molecule has 0 N–H and O–H groups in total. The summed E-state index contributed by atoms with van der Waals surface area (Å²) in [6.07, 6.45) is -3.00. The van der Waals surface area contributed by atoms with Crippen LogP contribution in [0.1, 0.15) is 22.3 Å². The minimum absolute atomic E-state index is 0.0105. The van der Waals surface area contributed by atoms with Gasteiger partial charge in [-0.3, -0.25) is 0 Å². The predicted octanol–water partition coefficient (Wildman–Crippen LogP) is 5.14. The van der Waals surface area contributed by atoms with E-state index in [0.717, 1.165) is 17.3 Å². The van der Waals surface area contributed by atoms with Crippen LogP contribution in [-0.2, 0) is 6.18 Å². The maximum Gasteiger partial charge on any atom is 0.417 e. The number of nitrogens with zero attached hydrogens (tertiary/aromatic N) is 2. The highest BCUT2D eigenvalue weighted by molar-refractivity contribution is 5.91. The van der Waals surface area contributed by atoms with E-state index in [-0.39, 0.29) is 11.1 Å². The number of hydrogen-bond donors (Lipinski definition) is 0. The zero-order chi connectivity index (χ0) is 17.9. The fraction of sp³-hybridized carbons (Fsp3) is 0.211. The van der Waals surface area contributed by atoms with E-state index in [9.17, 15) is 18.4 Å². The van der Waals surface area contributed by atoms with Crippen LogP contribution >= 0.6 is 0 Å². The highest BCUT2D eigenvalue weighted by atomic mass is 19.4. The summed E-state index contributed by atoms with van der Waals surface area (Å²) >= 11 is 0. The van der Waals surface area contributed by atoms with E-state index < -0.39 is 11.7 Å². The first-order valence-corrected chi connectivity index (χ1v) is 7.30. The van der Waals surface area contributed by atoms with Gasteiger partial charge in [-0.15, -0.1) is 0 Å². The Morgan fingerprint density at radius 2 is 1.79 bits per heavy atom. The topological polar surface area (TPSA) is 27.0 Å². The minimum atomic E-state index is -4.50. The lowest BCUT2D eigenvalue weighted by atomic mass is 9.96. The van der Waals surface area contributed by atoms with Crippen LogP contribution in [0.3, 0.4) is 0 Å². The molecule has 0 atom stereocenters. The summed E-state index contributed by atoms with van der Waals surface area (Å²) in [4.78, 5) is 1.94. The van der Waals surface area contributed by atoms with E-state index in [2.05, 4.69) is 0 Å². The van der Waals surface area contributed by atoms with Crippen molar-refractivity contribution in [2.45, 2.75) is 13.1 Å². The molecule has 0 unspecified atom stereocenters. The second-order valence-corrected chi connectivity index (χ2v) is 5.65. The third-order valence-corrected chi connectivity index (χ3v) is 3.71. The van der Waals surface area contributed by atoms with Gasteiger partial charge in [-0.1, -0.05) is 24.3 Å². The number of hydrogen-bond acceptors (Lipinski definition) is 2. The van der Waals surface area contributed by atoms with Crippen molar-refractivity contribution in [1.82, 2.24) is 0 Å². The molecule has 0 aliphatic heterocycles. The third-order valence-electron chi connectivity index (χ3n) is 3.71. The van der Waals surface area contributed by atoms with E-state index >= 15 is 0 Å². The molecule has 124 valence electrons. The fourth-order valence-electron chi connectivity index (χ4n) is 2.39. The SMILES string of the molecule is Cc1cc(N(C)C)ccc1C=C(C#N)c1ccccc1C(F)(F)F. The third kappa shape index (κ3) is 3.77. The Bertz CT molecular complexity index is 812. The molecule has 2 nitrogen and oxygen atoms in total. The van der Waals surface area contributed by atoms with Gasteiger partial charge in [-0.2, -0.15) is 18.4 Å². The lowest BCUT2D eigenvalue weighted by molar-refractivity contribution is -0.137. The van der Waals surface area contributed by atoms with Crippen LogP contribution in [0.25, 0.3) is 11.6 Å². The van der Waals surface area contributed by atoms with E-state index in [1.807, 2.05) is 44.1 Å². The van der Waals surface area contributed by atoms with E-state index in [4.69, 9.17) is 0 Å². The van der Waals surface area contributed by atoms with Gasteiger partial charge in [0.1, 0.15) is 0 Å². The first-order chi connectivity index (χ1) is 11.2. The first kappa shape index (κ1) is 17.6. The largest absolute Gasteiger partial charge is 0.417 e. The van der Waals surface area contributed by atoms with Gasteiger partial charge in [0.2, 0.25) is 0 Å². The average molecular weight is 330 g/mol. The Kier molecular flexibility index (Phi) is 4.99. The van der Waals surface area contributed by atoms with Crippen LogP contribution in [0.4, 0.5) is 18.9 Å². The summed E-state index contributed by atoms with van der Waals surface area (Å²) in [6.45, 7) is 1.86. The molecular weight excluding hydrogens is 313 g/mol. The first-order valence-electron chi connectivity index (χ1n) is 7.30. The number of rotatable bonds is 3. The Labute approximate surface area is 139 Å². The van der Waals surface area contributed by atoms with Gasteiger partial charge < -0.3 is 4.90 Å². The molecule has 2 aromatic rings. The molecule has 24 heavy (non-hydrogen) atoms. The van der Waals surface area contributed by atoms with Gasteiger partial charge in [0.15, 0.2) is 0 Å². The van der Waals surface area contributed by atoms with Crippen molar-refractivity contribution in [2.75, 3.05) is 19.0 Å². The highest BCUT2D eigenvalue weighted by Gasteiger charge is 2.33. The Hall–Kier alpha value is -2.74. The van der Waals surface area contributed by atoms with E-state index in [1.54, 1.807) is 6.07 Å². The van der Waals surface area contributed by atoms with Crippen molar-refractivity contribution >= 4 is 17.3 Å². The molecule has 0 aromatic heterocycles. The van der Waals surface area contributed by atoms with Crippen molar-refractivity contribution in [1.29, 1.82) is 5.26 Å². The molecular formula is C19H17F3N2. The van der Waals surface area contributed by atoms with Gasteiger partial charge in [-0.05, 0) is 42.3 Å². The van der Waals surface area contributed by atoms with Crippen molar-refractivity contribution in [2.24, 2.45) is 0 Å². The Balaban J connectivity index is 2.55. The quantitative estimate of drug-likeness (QED) is 0.575. The smallest absolute Gasteiger partial charge is 0.378 e. The summed E-state index contributed by atoms with van der Waals surface area (Å²) in [5.41, 5.74) is 1.67. The van der Waals surface area contributed by atoms with Gasteiger partial charge in [-0.25, -0.2) is 0 Å². The second-order valence-electron chi connectivity index (χ2n) is 5.65. The van der Waals surface area contributed by atoms with Gasteiger partial charge in [0.05, 0.1) is 17.2 Å². The number of nitriles is 1. The molecule has 0 saturated heterocycles. The lowest BCUT2D eigenvalue weighted by Crippen LogP contribution is -2.09. The molecule has 5 heteroatoms. The monoisotopic (exact) mass is 330 g/mol. The van der Waals surface area contributed by atoms with Crippen LogP contribution in [0.5, 0.6) is 0 Å². The molecule has 2 rings (SSSR count). The molecule has 0 spiro atoms. The van der Waals surface area contributed by atoms with Crippen LogP contribution in [0, 0.1) is 18.3 Å². The normalized spacial score (nSPS) is 12.0. The maximum atomic E-state index is 13.2. The standard InChI is InChI=1S/C19H17F3N2/c1-13-10-16(24(2)3)9-8-14(13)11-15(12-23)17-6-4-5-7-18(17)19(20,21)22/h4-11H,1-3H3. The van der Waals surface area contributed by atoms with Crippen LogP contribution in [0.15, 0.2) is 42.5 Å². The van der Waals surface area contributed by atoms with Crippen LogP contribution in [0.2, 0.25) is 0 Å². The van der Waals surface area contributed by atoms with Gasteiger partial charge in [0, 0.05) is 25.3 Å². The lowest BCUT2D eigenvalue weighted by Gasteiger charge is -2.15. The number of alkyl halides is 3. The van der Waals surface area contributed by atoms with Gasteiger partial charge >= 0.3 is 6.18 Å². The zero-order valence-electron chi connectivity index (χ0n) is 13.6. The summed E-state index contributed by atoms with van der Waals surface area (Å²) in [6, 6.07) is 12.6. The summed E-state index contributed by atoms with van der Waals surface area (Å²) in [5.74, 6) is 0. The van der Waals surface area contributed by atoms with Crippen LogP contribution in [-0.4, -0.2) is 14.1 Å².